The highest BCUT2D eigenvalue weighted by molar-refractivity contribution is 5.31. The summed E-state index contributed by atoms with van der Waals surface area (Å²) in [6, 6.07) is 6.12. The van der Waals surface area contributed by atoms with E-state index in [0.29, 0.717) is 12.5 Å². The average Bonchev–Trinajstić information content (AvgIpc) is 2.29. The van der Waals surface area contributed by atoms with Crippen molar-refractivity contribution in [3.63, 3.8) is 0 Å². The molecule has 0 fully saturated rings. The van der Waals surface area contributed by atoms with Gasteiger partial charge in [0.2, 0.25) is 0 Å². The van der Waals surface area contributed by atoms with Crippen LogP contribution in [0.1, 0.15) is 49.5 Å². The highest BCUT2D eigenvalue weighted by Crippen LogP contribution is 2.19. The van der Waals surface area contributed by atoms with E-state index in [-0.39, 0.29) is 0 Å². The zero-order valence-corrected chi connectivity index (χ0v) is 12.1. The van der Waals surface area contributed by atoms with Crippen molar-refractivity contribution in [2.45, 2.75) is 46.6 Å². The van der Waals surface area contributed by atoms with Gasteiger partial charge in [0.25, 0.3) is 0 Å². The van der Waals surface area contributed by atoms with Crippen molar-refractivity contribution in [2.75, 3.05) is 13.2 Å². The van der Waals surface area contributed by atoms with Gasteiger partial charge in [-0.05, 0) is 37.3 Å². The third kappa shape index (κ3) is 4.79. The first-order valence-electron chi connectivity index (χ1n) is 6.87. The second kappa shape index (κ2) is 7.55. The summed E-state index contributed by atoms with van der Waals surface area (Å²) in [6.07, 6.45) is 1.85. The Morgan fingerprint density at radius 1 is 1.22 bits per heavy atom. The lowest BCUT2D eigenvalue weighted by atomic mass is 10.0. The summed E-state index contributed by atoms with van der Waals surface area (Å²) >= 11 is 0. The standard InChI is InChI=1S/C16H26O2/c1-5-6-13(3)10-18-11-16(17)15-8-7-12(2)9-14(15)4/h7-9,13,16-17H,5-6,10-11H2,1-4H3. The molecule has 2 heteroatoms. The molecular weight excluding hydrogens is 224 g/mol. The van der Waals surface area contributed by atoms with Crippen LogP contribution in [0.3, 0.4) is 0 Å². The maximum absolute atomic E-state index is 10.1. The minimum Gasteiger partial charge on any atom is -0.386 e. The number of hydrogen-bond donors (Lipinski definition) is 1. The Hall–Kier alpha value is -0.860. The first-order valence-corrected chi connectivity index (χ1v) is 6.87. The SMILES string of the molecule is CCCC(C)COCC(O)c1ccc(C)cc1C. The molecule has 0 aliphatic heterocycles. The molecular formula is C16H26O2. The molecule has 1 N–H and O–H groups in total. The number of aryl methyl sites for hydroxylation is 2. The summed E-state index contributed by atoms with van der Waals surface area (Å²) < 4.78 is 5.60. The smallest absolute Gasteiger partial charge is 0.103 e. The highest BCUT2D eigenvalue weighted by atomic mass is 16.5. The van der Waals surface area contributed by atoms with Gasteiger partial charge < -0.3 is 9.84 Å². The Labute approximate surface area is 111 Å². The normalized spacial score (nSPS) is 14.5. The molecule has 1 aromatic carbocycles. The second-order valence-electron chi connectivity index (χ2n) is 5.31. The number of hydrogen-bond acceptors (Lipinski definition) is 2. The van der Waals surface area contributed by atoms with Crippen molar-refractivity contribution < 1.29 is 9.84 Å². The molecule has 0 aromatic heterocycles. The minimum atomic E-state index is -0.514. The number of benzene rings is 1. The van der Waals surface area contributed by atoms with Gasteiger partial charge in [-0.2, -0.15) is 0 Å². The molecule has 0 radical (unpaired) electrons. The summed E-state index contributed by atoms with van der Waals surface area (Å²) in [5.74, 6) is 0.571. The molecule has 0 amide bonds. The van der Waals surface area contributed by atoms with Crippen molar-refractivity contribution >= 4 is 0 Å². The molecule has 0 bridgehead atoms. The van der Waals surface area contributed by atoms with Crippen LogP contribution in [-0.4, -0.2) is 18.3 Å². The topological polar surface area (TPSA) is 29.5 Å². The Morgan fingerprint density at radius 3 is 2.56 bits per heavy atom. The summed E-state index contributed by atoms with van der Waals surface area (Å²) in [6.45, 7) is 9.58. The number of aliphatic hydroxyl groups excluding tert-OH is 1. The number of aliphatic hydroxyl groups is 1. The van der Waals surface area contributed by atoms with Gasteiger partial charge in [0.1, 0.15) is 6.10 Å². The van der Waals surface area contributed by atoms with E-state index < -0.39 is 6.10 Å². The predicted octanol–water partition coefficient (Wildman–Crippen LogP) is 3.79. The van der Waals surface area contributed by atoms with Gasteiger partial charge >= 0.3 is 0 Å². The maximum atomic E-state index is 10.1. The number of ether oxygens (including phenoxy) is 1. The fourth-order valence-corrected chi connectivity index (χ4v) is 2.25. The molecule has 0 aliphatic rings. The average molecular weight is 250 g/mol. The summed E-state index contributed by atoms with van der Waals surface area (Å²) in [7, 11) is 0. The van der Waals surface area contributed by atoms with Gasteiger partial charge in [-0.1, -0.05) is 44.0 Å². The van der Waals surface area contributed by atoms with Crippen LogP contribution in [0.2, 0.25) is 0 Å². The van der Waals surface area contributed by atoms with Crippen LogP contribution < -0.4 is 0 Å². The fraction of sp³-hybridized carbons (Fsp3) is 0.625. The van der Waals surface area contributed by atoms with Crippen LogP contribution in [-0.2, 0) is 4.74 Å². The molecule has 1 rings (SSSR count). The molecule has 2 unspecified atom stereocenters. The van der Waals surface area contributed by atoms with Crippen LogP contribution in [0.15, 0.2) is 18.2 Å². The van der Waals surface area contributed by atoms with Crippen molar-refractivity contribution in [1.29, 1.82) is 0 Å². The zero-order chi connectivity index (χ0) is 13.5. The van der Waals surface area contributed by atoms with E-state index in [1.54, 1.807) is 0 Å². The molecule has 0 aliphatic carbocycles. The lowest BCUT2D eigenvalue weighted by molar-refractivity contribution is 0.0212. The van der Waals surface area contributed by atoms with Crippen molar-refractivity contribution in [3.8, 4) is 0 Å². The van der Waals surface area contributed by atoms with Crippen LogP contribution in [0, 0.1) is 19.8 Å². The first kappa shape index (κ1) is 15.2. The lowest BCUT2D eigenvalue weighted by Crippen LogP contribution is -2.13. The first-order chi connectivity index (χ1) is 8.54. The van der Waals surface area contributed by atoms with E-state index in [9.17, 15) is 5.11 Å². The van der Waals surface area contributed by atoms with E-state index in [1.807, 2.05) is 19.1 Å². The van der Waals surface area contributed by atoms with Crippen LogP contribution in [0.25, 0.3) is 0 Å². The molecule has 102 valence electrons. The maximum Gasteiger partial charge on any atom is 0.103 e. The van der Waals surface area contributed by atoms with Gasteiger partial charge in [0.05, 0.1) is 6.61 Å². The molecule has 18 heavy (non-hydrogen) atoms. The Bertz CT molecular complexity index is 360. The fourth-order valence-electron chi connectivity index (χ4n) is 2.25. The molecule has 0 heterocycles. The third-order valence-corrected chi connectivity index (χ3v) is 3.24. The summed E-state index contributed by atoms with van der Waals surface area (Å²) in [4.78, 5) is 0. The molecule has 0 saturated carbocycles. The van der Waals surface area contributed by atoms with E-state index >= 15 is 0 Å². The monoisotopic (exact) mass is 250 g/mol. The van der Waals surface area contributed by atoms with Crippen LogP contribution in [0.5, 0.6) is 0 Å². The van der Waals surface area contributed by atoms with E-state index in [4.69, 9.17) is 4.74 Å². The van der Waals surface area contributed by atoms with Gasteiger partial charge in [0.15, 0.2) is 0 Å². The van der Waals surface area contributed by atoms with Gasteiger partial charge in [-0.25, -0.2) is 0 Å². The van der Waals surface area contributed by atoms with Crippen LogP contribution >= 0.6 is 0 Å². The van der Waals surface area contributed by atoms with Crippen molar-refractivity contribution in [3.05, 3.63) is 34.9 Å². The molecule has 1 aromatic rings. The van der Waals surface area contributed by atoms with Gasteiger partial charge in [0, 0.05) is 6.61 Å². The summed E-state index contributed by atoms with van der Waals surface area (Å²) in [5.41, 5.74) is 3.33. The van der Waals surface area contributed by atoms with Gasteiger partial charge in [-0.3, -0.25) is 0 Å². The Balaban J connectivity index is 2.43. The third-order valence-electron chi connectivity index (χ3n) is 3.24. The number of rotatable bonds is 7. The summed E-state index contributed by atoms with van der Waals surface area (Å²) in [5, 5.41) is 10.1. The predicted molar refractivity (Wildman–Crippen MR) is 75.8 cm³/mol. The molecule has 2 atom stereocenters. The van der Waals surface area contributed by atoms with Crippen molar-refractivity contribution in [1.82, 2.24) is 0 Å². The molecule has 2 nitrogen and oxygen atoms in total. The highest BCUT2D eigenvalue weighted by Gasteiger charge is 2.11. The quantitative estimate of drug-likeness (QED) is 0.798. The molecule has 0 spiro atoms. The second-order valence-corrected chi connectivity index (χ2v) is 5.31. The van der Waals surface area contributed by atoms with Gasteiger partial charge in [-0.15, -0.1) is 0 Å². The van der Waals surface area contributed by atoms with E-state index in [2.05, 4.69) is 26.8 Å². The van der Waals surface area contributed by atoms with E-state index in [0.717, 1.165) is 17.7 Å². The Kier molecular flexibility index (Phi) is 6.37. The van der Waals surface area contributed by atoms with E-state index in [1.165, 1.54) is 18.4 Å². The van der Waals surface area contributed by atoms with Crippen molar-refractivity contribution in [2.24, 2.45) is 5.92 Å². The zero-order valence-electron chi connectivity index (χ0n) is 12.1. The largest absolute Gasteiger partial charge is 0.386 e. The Morgan fingerprint density at radius 2 is 1.94 bits per heavy atom. The minimum absolute atomic E-state index is 0.387. The van der Waals surface area contributed by atoms with Crippen LogP contribution in [0.4, 0.5) is 0 Å². The molecule has 0 saturated heterocycles. The lowest BCUT2D eigenvalue weighted by Gasteiger charge is -2.16.